The zero-order valence-electron chi connectivity index (χ0n) is 9.39. The van der Waals surface area contributed by atoms with Crippen LogP contribution in [0.3, 0.4) is 0 Å². The predicted molar refractivity (Wildman–Crippen MR) is 63.2 cm³/mol. The number of hydrogen-bond acceptors (Lipinski definition) is 1. The van der Waals surface area contributed by atoms with E-state index in [1.165, 1.54) is 17.0 Å². The van der Waals surface area contributed by atoms with Gasteiger partial charge >= 0.3 is 6.18 Å². The molecule has 1 fully saturated rings. The Bertz CT molecular complexity index is 372. The maximum Gasteiger partial charge on any atom is 0.416 e. The smallest absolute Gasteiger partial charge is 0.330 e. The minimum absolute atomic E-state index is 0.541. The van der Waals surface area contributed by atoms with E-state index in [-0.39, 0.29) is 0 Å². The summed E-state index contributed by atoms with van der Waals surface area (Å²) in [6.45, 7) is 2.78. The molecule has 94 valence electrons. The Kier molecular flexibility index (Phi) is 3.99. The van der Waals surface area contributed by atoms with E-state index < -0.39 is 11.7 Å². The van der Waals surface area contributed by atoms with Crippen LogP contribution in [0.1, 0.15) is 11.1 Å². The molecule has 1 aliphatic heterocycles. The van der Waals surface area contributed by atoms with E-state index in [9.17, 15) is 13.2 Å². The largest absolute Gasteiger partial charge is 0.416 e. The maximum absolute atomic E-state index is 12.5. The van der Waals surface area contributed by atoms with Gasteiger partial charge in [0.15, 0.2) is 0 Å². The van der Waals surface area contributed by atoms with Crippen LogP contribution < -0.4 is 4.90 Å². The van der Waals surface area contributed by atoms with Crippen molar-refractivity contribution >= 4 is 11.8 Å². The molecule has 1 heterocycles. The lowest BCUT2D eigenvalue weighted by Crippen LogP contribution is -3.12. The molecule has 0 spiro atoms. The number of rotatable bonds is 2. The molecule has 1 saturated heterocycles. The fraction of sp³-hybridized carbons (Fsp3) is 0.500. The van der Waals surface area contributed by atoms with Gasteiger partial charge < -0.3 is 4.90 Å². The third-order valence-electron chi connectivity index (χ3n) is 2.91. The molecule has 0 aromatic heterocycles. The maximum atomic E-state index is 12.5. The van der Waals surface area contributed by atoms with E-state index in [0.717, 1.165) is 36.2 Å². The summed E-state index contributed by atoms with van der Waals surface area (Å²) in [7, 11) is 0. The third-order valence-corrected chi connectivity index (χ3v) is 3.89. The van der Waals surface area contributed by atoms with Crippen molar-refractivity contribution in [3.63, 3.8) is 0 Å². The molecule has 0 aliphatic carbocycles. The van der Waals surface area contributed by atoms with Gasteiger partial charge in [-0.1, -0.05) is 12.1 Å². The highest BCUT2D eigenvalue weighted by molar-refractivity contribution is 7.99. The van der Waals surface area contributed by atoms with Crippen molar-refractivity contribution in [2.24, 2.45) is 0 Å². The van der Waals surface area contributed by atoms with Crippen molar-refractivity contribution in [2.45, 2.75) is 12.7 Å². The van der Waals surface area contributed by atoms with Crippen LogP contribution in [0.4, 0.5) is 13.2 Å². The second-order valence-electron chi connectivity index (χ2n) is 4.24. The number of alkyl halides is 3. The van der Waals surface area contributed by atoms with Gasteiger partial charge in [-0.15, -0.1) is 0 Å². The molecule has 1 aromatic carbocycles. The van der Waals surface area contributed by atoms with Crippen molar-refractivity contribution < 1.29 is 18.1 Å². The zero-order valence-corrected chi connectivity index (χ0v) is 10.2. The van der Waals surface area contributed by atoms with Gasteiger partial charge in [0.2, 0.25) is 0 Å². The Labute approximate surface area is 103 Å². The lowest BCUT2D eigenvalue weighted by Gasteiger charge is -2.23. The fourth-order valence-electron chi connectivity index (χ4n) is 1.98. The van der Waals surface area contributed by atoms with Crippen molar-refractivity contribution in [3.8, 4) is 0 Å². The first-order chi connectivity index (χ1) is 8.05. The first kappa shape index (κ1) is 12.8. The van der Waals surface area contributed by atoms with Crippen molar-refractivity contribution in [1.29, 1.82) is 0 Å². The summed E-state index contributed by atoms with van der Waals surface area (Å²) in [6, 6.07) is 5.68. The van der Waals surface area contributed by atoms with Gasteiger partial charge in [0, 0.05) is 17.1 Å². The van der Waals surface area contributed by atoms with Gasteiger partial charge in [-0.05, 0) is 12.1 Å². The van der Waals surface area contributed by atoms with Crippen LogP contribution in [0.2, 0.25) is 0 Å². The molecule has 0 atom stereocenters. The molecular weight excluding hydrogens is 247 g/mol. The topological polar surface area (TPSA) is 4.44 Å². The SMILES string of the molecule is FC(F)(F)c1cccc(C[NH+]2CCSCC2)c1. The average molecular weight is 262 g/mol. The summed E-state index contributed by atoms with van der Waals surface area (Å²) in [4.78, 5) is 1.38. The normalized spacial score (nSPS) is 18.3. The molecule has 0 unspecified atom stereocenters. The molecular formula is C12H15F3NS+. The molecule has 0 amide bonds. The second-order valence-corrected chi connectivity index (χ2v) is 5.46. The van der Waals surface area contributed by atoms with Crippen LogP contribution in [-0.4, -0.2) is 24.6 Å². The first-order valence-electron chi connectivity index (χ1n) is 5.63. The summed E-state index contributed by atoms with van der Waals surface area (Å²) < 4.78 is 37.6. The van der Waals surface area contributed by atoms with E-state index >= 15 is 0 Å². The van der Waals surface area contributed by atoms with Gasteiger partial charge in [-0.2, -0.15) is 24.9 Å². The summed E-state index contributed by atoms with van der Waals surface area (Å²) in [6.07, 6.45) is -4.23. The second kappa shape index (κ2) is 5.31. The number of thioether (sulfide) groups is 1. The Morgan fingerprint density at radius 2 is 1.88 bits per heavy atom. The molecule has 1 aromatic rings. The highest BCUT2D eigenvalue weighted by Crippen LogP contribution is 2.29. The Balaban J connectivity index is 2.05. The van der Waals surface area contributed by atoms with E-state index in [0.29, 0.717) is 6.54 Å². The quantitative estimate of drug-likeness (QED) is 0.852. The average Bonchev–Trinajstić information content (AvgIpc) is 2.29. The molecule has 5 heteroatoms. The fourth-order valence-corrected chi connectivity index (χ4v) is 3.05. The summed E-state index contributed by atoms with van der Waals surface area (Å²) >= 11 is 1.92. The molecule has 1 aliphatic rings. The minimum Gasteiger partial charge on any atom is -0.330 e. The summed E-state index contributed by atoms with van der Waals surface area (Å²) in [5.41, 5.74) is 0.238. The summed E-state index contributed by atoms with van der Waals surface area (Å²) in [5, 5.41) is 0. The van der Waals surface area contributed by atoms with Crippen LogP contribution in [0.25, 0.3) is 0 Å². The molecule has 1 N–H and O–H groups in total. The molecule has 0 saturated carbocycles. The van der Waals surface area contributed by atoms with E-state index in [4.69, 9.17) is 0 Å². The van der Waals surface area contributed by atoms with Gasteiger partial charge in [0.1, 0.15) is 6.54 Å². The Morgan fingerprint density at radius 1 is 1.18 bits per heavy atom. The van der Waals surface area contributed by atoms with Gasteiger partial charge in [0.25, 0.3) is 0 Å². The van der Waals surface area contributed by atoms with E-state index in [1.54, 1.807) is 6.07 Å². The Hall–Kier alpha value is -0.680. The molecule has 0 bridgehead atoms. The third kappa shape index (κ3) is 3.64. The molecule has 17 heavy (non-hydrogen) atoms. The van der Waals surface area contributed by atoms with Crippen LogP contribution in [0.5, 0.6) is 0 Å². The number of benzene rings is 1. The molecule has 2 rings (SSSR count). The standard InChI is InChI=1S/C12H14F3NS/c13-12(14,15)11-3-1-2-10(8-11)9-16-4-6-17-7-5-16/h1-3,8H,4-7,9H2/p+1. The highest BCUT2D eigenvalue weighted by atomic mass is 32.2. The minimum atomic E-state index is -4.23. The highest BCUT2D eigenvalue weighted by Gasteiger charge is 2.30. The molecule has 1 nitrogen and oxygen atoms in total. The van der Waals surface area contributed by atoms with Gasteiger partial charge in [-0.3, -0.25) is 0 Å². The lowest BCUT2D eigenvalue weighted by molar-refractivity contribution is -0.910. The van der Waals surface area contributed by atoms with Gasteiger partial charge in [0.05, 0.1) is 18.7 Å². The van der Waals surface area contributed by atoms with Gasteiger partial charge in [-0.25, -0.2) is 0 Å². The van der Waals surface area contributed by atoms with Crippen molar-refractivity contribution in [1.82, 2.24) is 0 Å². The number of nitrogens with one attached hydrogen (secondary N) is 1. The molecule has 0 radical (unpaired) electrons. The van der Waals surface area contributed by atoms with Crippen LogP contribution in [0.15, 0.2) is 24.3 Å². The number of hydrogen-bond donors (Lipinski definition) is 1. The monoisotopic (exact) mass is 262 g/mol. The van der Waals surface area contributed by atoms with Crippen LogP contribution >= 0.6 is 11.8 Å². The van der Waals surface area contributed by atoms with Crippen LogP contribution in [-0.2, 0) is 12.7 Å². The van der Waals surface area contributed by atoms with E-state index in [2.05, 4.69) is 0 Å². The van der Waals surface area contributed by atoms with E-state index in [1.807, 2.05) is 11.8 Å². The lowest BCUT2D eigenvalue weighted by atomic mass is 10.1. The van der Waals surface area contributed by atoms with Crippen molar-refractivity contribution in [3.05, 3.63) is 35.4 Å². The van der Waals surface area contributed by atoms with Crippen molar-refractivity contribution in [2.75, 3.05) is 24.6 Å². The summed E-state index contributed by atoms with van der Waals surface area (Å²) in [5.74, 6) is 2.21. The van der Waals surface area contributed by atoms with Crippen LogP contribution in [0, 0.1) is 0 Å². The first-order valence-corrected chi connectivity index (χ1v) is 6.78. The zero-order chi connectivity index (χ0) is 12.3. The predicted octanol–water partition coefficient (Wildman–Crippen LogP) is 1.84. The number of halogens is 3. The number of quaternary nitrogens is 1. The Morgan fingerprint density at radius 3 is 2.53 bits per heavy atom.